The van der Waals surface area contributed by atoms with Gasteiger partial charge < -0.3 is 14.2 Å². The summed E-state index contributed by atoms with van der Waals surface area (Å²) in [5.74, 6) is -0.261. The Balaban J connectivity index is 2.83. The maximum Gasteiger partial charge on any atom is 0.412 e. The van der Waals surface area contributed by atoms with Crippen LogP contribution in [0.3, 0.4) is 0 Å². The highest BCUT2D eigenvalue weighted by Gasteiger charge is 2.49. The van der Waals surface area contributed by atoms with Gasteiger partial charge in [0, 0.05) is 6.42 Å². The van der Waals surface area contributed by atoms with Crippen LogP contribution in [0.2, 0.25) is 0 Å². The van der Waals surface area contributed by atoms with Crippen molar-refractivity contribution in [2.24, 2.45) is 0 Å². The van der Waals surface area contributed by atoms with Crippen molar-refractivity contribution in [3.63, 3.8) is 0 Å². The third kappa shape index (κ3) is 4.87. The van der Waals surface area contributed by atoms with Crippen molar-refractivity contribution in [2.45, 2.75) is 84.8 Å². The summed E-state index contributed by atoms with van der Waals surface area (Å²) in [5.41, 5.74) is -1.34. The van der Waals surface area contributed by atoms with E-state index in [1.165, 1.54) is 0 Å². The van der Waals surface area contributed by atoms with Crippen molar-refractivity contribution in [2.75, 3.05) is 6.61 Å². The molecule has 128 valence electrons. The molecule has 0 aromatic carbocycles. The standard InChI is InChI=1S/C16H29NO5/c1-8-20-13(18)10-9-12-11(2)21-16(6,7)17(12)14(19)22-15(3,4)5/h11-12H,8-10H2,1-7H3/t11-,12-/m1/s1. The van der Waals surface area contributed by atoms with Gasteiger partial charge in [-0.1, -0.05) is 0 Å². The number of amides is 1. The second-order valence-electron chi connectivity index (χ2n) is 7.03. The van der Waals surface area contributed by atoms with Gasteiger partial charge in [-0.05, 0) is 54.9 Å². The molecule has 0 N–H and O–H groups in total. The van der Waals surface area contributed by atoms with Gasteiger partial charge in [-0.25, -0.2) is 4.79 Å². The minimum atomic E-state index is -0.763. The van der Waals surface area contributed by atoms with Crippen LogP contribution in [0, 0.1) is 0 Å². The first-order valence-corrected chi connectivity index (χ1v) is 7.83. The summed E-state index contributed by atoms with van der Waals surface area (Å²) >= 11 is 0. The van der Waals surface area contributed by atoms with Gasteiger partial charge in [0.1, 0.15) is 11.3 Å². The molecule has 0 aliphatic carbocycles. The zero-order valence-electron chi connectivity index (χ0n) is 14.8. The molecule has 1 rings (SSSR count). The van der Waals surface area contributed by atoms with E-state index in [4.69, 9.17) is 14.2 Å². The second-order valence-corrected chi connectivity index (χ2v) is 7.03. The molecule has 0 radical (unpaired) electrons. The number of carbonyl (C=O) groups excluding carboxylic acids is 2. The minimum Gasteiger partial charge on any atom is -0.466 e. The van der Waals surface area contributed by atoms with Gasteiger partial charge in [0.2, 0.25) is 0 Å². The van der Waals surface area contributed by atoms with Crippen LogP contribution in [-0.2, 0) is 19.0 Å². The molecular formula is C16H29NO5. The first-order valence-electron chi connectivity index (χ1n) is 7.83. The second kappa shape index (κ2) is 6.86. The molecule has 1 aliphatic rings. The summed E-state index contributed by atoms with van der Waals surface area (Å²) in [6, 6.07) is -0.214. The fraction of sp³-hybridized carbons (Fsp3) is 0.875. The maximum atomic E-state index is 12.5. The van der Waals surface area contributed by atoms with E-state index < -0.39 is 17.4 Å². The number of hydrogen-bond acceptors (Lipinski definition) is 5. The molecule has 6 heteroatoms. The molecule has 1 fully saturated rings. The van der Waals surface area contributed by atoms with E-state index >= 15 is 0 Å². The summed E-state index contributed by atoms with van der Waals surface area (Å²) in [6.45, 7) is 13.2. The van der Waals surface area contributed by atoms with Crippen LogP contribution in [-0.4, -0.2) is 47.0 Å². The zero-order chi connectivity index (χ0) is 17.1. The van der Waals surface area contributed by atoms with E-state index in [2.05, 4.69) is 0 Å². The number of hydrogen-bond donors (Lipinski definition) is 0. The lowest BCUT2D eigenvalue weighted by Gasteiger charge is -2.35. The molecular weight excluding hydrogens is 286 g/mol. The van der Waals surface area contributed by atoms with E-state index in [1.807, 2.05) is 41.5 Å². The van der Waals surface area contributed by atoms with Crippen molar-refractivity contribution in [3.05, 3.63) is 0 Å². The number of nitrogens with zero attached hydrogens (tertiary/aromatic N) is 1. The molecule has 1 saturated heterocycles. The zero-order valence-corrected chi connectivity index (χ0v) is 14.8. The van der Waals surface area contributed by atoms with E-state index in [0.717, 1.165) is 0 Å². The molecule has 0 bridgehead atoms. The van der Waals surface area contributed by atoms with Gasteiger partial charge in [0.25, 0.3) is 0 Å². The monoisotopic (exact) mass is 315 g/mol. The molecule has 1 aliphatic heterocycles. The van der Waals surface area contributed by atoms with E-state index in [9.17, 15) is 9.59 Å². The van der Waals surface area contributed by atoms with Crippen LogP contribution in [0.4, 0.5) is 4.79 Å². The summed E-state index contributed by atoms with van der Waals surface area (Å²) in [4.78, 5) is 25.7. The third-order valence-electron chi connectivity index (χ3n) is 3.47. The van der Waals surface area contributed by atoms with E-state index in [0.29, 0.717) is 13.0 Å². The molecule has 6 nitrogen and oxygen atoms in total. The van der Waals surface area contributed by atoms with Gasteiger partial charge in [0.15, 0.2) is 0 Å². The van der Waals surface area contributed by atoms with Crippen LogP contribution >= 0.6 is 0 Å². The fourth-order valence-electron chi connectivity index (χ4n) is 2.73. The van der Waals surface area contributed by atoms with Crippen LogP contribution in [0.1, 0.15) is 61.3 Å². The molecule has 1 amide bonds. The number of carbonyl (C=O) groups is 2. The molecule has 22 heavy (non-hydrogen) atoms. The highest BCUT2D eigenvalue weighted by Crippen LogP contribution is 2.35. The Morgan fingerprint density at radius 3 is 2.36 bits per heavy atom. The SMILES string of the molecule is CCOC(=O)CC[C@@H]1[C@@H](C)OC(C)(C)N1C(=O)OC(C)(C)C. The van der Waals surface area contributed by atoms with Gasteiger partial charge >= 0.3 is 12.1 Å². The average molecular weight is 315 g/mol. The Labute approximate surface area is 133 Å². The first-order chi connectivity index (χ1) is 9.98. The average Bonchev–Trinajstić information content (AvgIpc) is 2.53. The Bertz CT molecular complexity index is 413. The highest BCUT2D eigenvalue weighted by molar-refractivity contribution is 5.71. The lowest BCUT2D eigenvalue weighted by molar-refractivity contribution is -0.143. The summed E-state index contributed by atoms with van der Waals surface area (Å²) in [6.07, 6.45) is 0.150. The van der Waals surface area contributed by atoms with Crippen molar-refractivity contribution < 1.29 is 23.8 Å². The largest absolute Gasteiger partial charge is 0.466 e. The van der Waals surface area contributed by atoms with E-state index in [-0.39, 0.29) is 24.5 Å². The Kier molecular flexibility index (Phi) is 5.84. The summed E-state index contributed by atoms with van der Waals surface area (Å²) in [5, 5.41) is 0. The van der Waals surface area contributed by atoms with Crippen molar-refractivity contribution in [1.82, 2.24) is 4.90 Å². The van der Waals surface area contributed by atoms with Crippen molar-refractivity contribution >= 4 is 12.1 Å². The normalized spacial score (nSPS) is 24.2. The minimum absolute atomic E-state index is 0.169. The first kappa shape index (κ1) is 18.7. The number of rotatable bonds is 4. The topological polar surface area (TPSA) is 65.1 Å². The van der Waals surface area contributed by atoms with Gasteiger partial charge in [-0.15, -0.1) is 0 Å². The molecule has 1 heterocycles. The van der Waals surface area contributed by atoms with Gasteiger partial charge in [0.05, 0.1) is 18.8 Å². The molecule has 0 unspecified atom stereocenters. The Morgan fingerprint density at radius 2 is 1.86 bits per heavy atom. The molecule has 2 atom stereocenters. The van der Waals surface area contributed by atoms with Crippen LogP contribution in [0.5, 0.6) is 0 Å². The van der Waals surface area contributed by atoms with E-state index in [1.54, 1.807) is 11.8 Å². The lowest BCUT2D eigenvalue weighted by Crippen LogP contribution is -2.50. The maximum absolute atomic E-state index is 12.5. The van der Waals surface area contributed by atoms with Crippen molar-refractivity contribution in [1.29, 1.82) is 0 Å². The predicted molar refractivity (Wildman–Crippen MR) is 82.4 cm³/mol. The van der Waals surface area contributed by atoms with Crippen LogP contribution in [0.15, 0.2) is 0 Å². The molecule has 0 aromatic rings. The molecule has 0 saturated carbocycles. The van der Waals surface area contributed by atoms with Crippen molar-refractivity contribution in [3.8, 4) is 0 Å². The predicted octanol–water partition coefficient (Wildman–Crippen LogP) is 3.09. The quantitative estimate of drug-likeness (QED) is 0.746. The Morgan fingerprint density at radius 1 is 1.27 bits per heavy atom. The lowest BCUT2D eigenvalue weighted by atomic mass is 10.1. The summed E-state index contributed by atoms with van der Waals surface area (Å²) < 4.78 is 16.3. The third-order valence-corrected chi connectivity index (χ3v) is 3.47. The van der Waals surface area contributed by atoms with Gasteiger partial charge in [-0.3, -0.25) is 9.69 Å². The number of ether oxygens (including phenoxy) is 3. The Hall–Kier alpha value is -1.30. The number of esters is 1. The fourth-order valence-corrected chi connectivity index (χ4v) is 2.73. The van der Waals surface area contributed by atoms with Gasteiger partial charge in [-0.2, -0.15) is 0 Å². The highest BCUT2D eigenvalue weighted by atomic mass is 16.6. The smallest absolute Gasteiger partial charge is 0.412 e. The van der Waals surface area contributed by atoms with Crippen LogP contribution < -0.4 is 0 Å². The summed E-state index contributed by atoms with van der Waals surface area (Å²) in [7, 11) is 0. The molecule has 0 spiro atoms. The van der Waals surface area contributed by atoms with Crippen LogP contribution in [0.25, 0.3) is 0 Å². The molecule has 0 aromatic heterocycles.